The number of hydrogen-bond donors (Lipinski definition) is 0. The highest BCUT2D eigenvalue weighted by Gasteiger charge is 2.41. The van der Waals surface area contributed by atoms with Crippen molar-refractivity contribution < 1.29 is 4.79 Å². The zero-order valence-corrected chi connectivity index (χ0v) is 14.7. The third kappa shape index (κ3) is 3.22. The minimum Gasteiger partial charge on any atom is -0.340 e. The highest BCUT2D eigenvalue weighted by atomic mass is 16.2. The van der Waals surface area contributed by atoms with Crippen LogP contribution in [0.4, 0.5) is 0 Å². The number of likely N-dealkylation sites (N-methyl/N-ethyl adjacent to an activating group) is 1. The molecule has 1 aromatic rings. The molecule has 0 aromatic heterocycles. The number of piperidine rings is 1. The Labute approximate surface area is 145 Å². The molecule has 4 rings (SSSR count). The van der Waals surface area contributed by atoms with Gasteiger partial charge in [0, 0.05) is 19.1 Å². The molecular weight excluding hydrogens is 298 g/mol. The Morgan fingerprint density at radius 3 is 2.50 bits per heavy atom. The maximum atomic E-state index is 12.7. The highest BCUT2D eigenvalue weighted by molar-refractivity contribution is 5.78. The first-order chi connectivity index (χ1) is 11.7. The van der Waals surface area contributed by atoms with Gasteiger partial charge in [0.1, 0.15) is 0 Å². The van der Waals surface area contributed by atoms with Crippen molar-refractivity contribution in [3.05, 3.63) is 35.9 Å². The molecule has 0 aliphatic carbocycles. The molecule has 24 heavy (non-hydrogen) atoms. The number of carbonyl (C=O) groups is 1. The van der Waals surface area contributed by atoms with Crippen LogP contribution in [-0.2, 0) is 4.79 Å². The molecule has 0 unspecified atom stereocenters. The fourth-order valence-corrected chi connectivity index (χ4v) is 4.82. The van der Waals surface area contributed by atoms with E-state index in [0.29, 0.717) is 30.3 Å². The first-order valence-corrected chi connectivity index (χ1v) is 9.46. The third-order valence-corrected chi connectivity index (χ3v) is 6.40. The average molecular weight is 327 g/mol. The predicted molar refractivity (Wildman–Crippen MR) is 96.0 cm³/mol. The van der Waals surface area contributed by atoms with Gasteiger partial charge in [0.2, 0.25) is 5.91 Å². The van der Waals surface area contributed by atoms with Crippen LogP contribution in [-0.4, -0.2) is 73.0 Å². The van der Waals surface area contributed by atoms with E-state index in [-0.39, 0.29) is 0 Å². The smallest absolute Gasteiger partial charge is 0.236 e. The van der Waals surface area contributed by atoms with Crippen molar-refractivity contribution in [1.82, 2.24) is 14.7 Å². The molecule has 4 nitrogen and oxygen atoms in total. The van der Waals surface area contributed by atoms with Gasteiger partial charge in [-0.1, -0.05) is 30.3 Å². The SMILES string of the molecule is CN1CC[C@@H]2CN(C(=O)CN3CCC(c4ccccc4)CC3)C[C@@H]21. The minimum atomic E-state index is 0.343. The second kappa shape index (κ2) is 6.85. The van der Waals surface area contributed by atoms with E-state index in [1.165, 1.54) is 31.4 Å². The van der Waals surface area contributed by atoms with Gasteiger partial charge in [-0.3, -0.25) is 9.69 Å². The summed E-state index contributed by atoms with van der Waals surface area (Å²) in [5.74, 6) is 1.72. The topological polar surface area (TPSA) is 26.8 Å². The average Bonchev–Trinajstić information content (AvgIpc) is 3.19. The van der Waals surface area contributed by atoms with Gasteiger partial charge in [-0.25, -0.2) is 0 Å². The van der Waals surface area contributed by atoms with E-state index in [2.05, 4.69) is 52.1 Å². The van der Waals surface area contributed by atoms with Gasteiger partial charge in [-0.15, -0.1) is 0 Å². The highest BCUT2D eigenvalue weighted by Crippen LogP contribution is 2.31. The third-order valence-electron chi connectivity index (χ3n) is 6.40. The summed E-state index contributed by atoms with van der Waals surface area (Å²) in [6, 6.07) is 11.4. The monoisotopic (exact) mass is 327 g/mol. The number of likely N-dealkylation sites (tertiary alicyclic amines) is 3. The maximum absolute atomic E-state index is 12.7. The van der Waals surface area contributed by atoms with Crippen molar-refractivity contribution in [2.24, 2.45) is 5.92 Å². The normalized spacial score (nSPS) is 29.1. The quantitative estimate of drug-likeness (QED) is 0.850. The van der Waals surface area contributed by atoms with Crippen LogP contribution in [0.5, 0.6) is 0 Å². The molecule has 3 heterocycles. The lowest BCUT2D eigenvalue weighted by Gasteiger charge is -2.33. The summed E-state index contributed by atoms with van der Waals surface area (Å²) >= 11 is 0. The Hall–Kier alpha value is -1.39. The molecule has 0 radical (unpaired) electrons. The Kier molecular flexibility index (Phi) is 4.59. The van der Waals surface area contributed by atoms with Gasteiger partial charge in [-0.05, 0) is 63.3 Å². The predicted octanol–water partition coefficient (Wildman–Crippen LogP) is 2.03. The standard InChI is InChI=1S/C20H29N3O/c1-21-10-7-18-13-23(14-19(18)21)20(24)15-22-11-8-17(9-12-22)16-5-3-2-4-6-16/h2-6,17-19H,7-15H2,1H3/t18-,19+/m1/s1. The molecule has 1 amide bonds. The van der Waals surface area contributed by atoms with Crippen molar-refractivity contribution in [3.63, 3.8) is 0 Å². The van der Waals surface area contributed by atoms with Gasteiger partial charge in [-0.2, -0.15) is 0 Å². The summed E-state index contributed by atoms with van der Waals surface area (Å²) in [7, 11) is 2.20. The molecule has 0 spiro atoms. The lowest BCUT2D eigenvalue weighted by molar-refractivity contribution is -0.132. The number of fused-ring (bicyclic) bond motifs is 1. The number of rotatable bonds is 3. The Morgan fingerprint density at radius 1 is 1.04 bits per heavy atom. The molecule has 130 valence electrons. The van der Waals surface area contributed by atoms with Crippen molar-refractivity contribution in [1.29, 1.82) is 0 Å². The number of amides is 1. The second-order valence-electron chi connectivity index (χ2n) is 7.86. The van der Waals surface area contributed by atoms with Gasteiger partial charge < -0.3 is 9.80 Å². The van der Waals surface area contributed by atoms with Gasteiger partial charge in [0.25, 0.3) is 0 Å². The van der Waals surface area contributed by atoms with Crippen LogP contribution in [0.3, 0.4) is 0 Å². The largest absolute Gasteiger partial charge is 0.340 e. The van der Waals surface area contributed by atoms with Gasteiger partial charge in [0.15, 0.2) is 0 Å². The zero-order chi connectivity index (χ0) is 16.5. The molecule has 3 saturated heterocycles. The summed E-state index contributed by atoms with van der Waals surface area (Å²) in [6.07, 6.45) is 3.60. The fourth-order valence-electron chi connectivity index (χ4n) is 4.82. The summed E-state index contributed by atoms with van der Waals surface area (Å²) in [5.41, 5.74) is 1.46. The Bertz CT molecular complexity index is 568. The lowest BCUT2D eigenvalue weighted by atomic mass is 9.89. The zero-order valence-electron chi connectivity index (χ0n) is 14.7. The van der Waals surface area contributed by atoms with Crippen LogP contribution in [0, 0.1) is 5.92 Å². The van der Waals surface area contributed by atoms with Crippen molar-refractivity contribution >= 4 is 5.91 Å². The fraction of sp³-hybridized carbons (Fsp3) is 0.650. The number of hydrogen-bond acceptors (Lipinski definition) is 3. The first-order valence-electron chi connectivity index (χ1n) is 9.46. The molecule has 2 atom stereocenters. The van der Waals surface area contributed by atoms with Gasteiger partial charge >= 0.3 is 0 Å². The molecular formula is C20H29N3O. The summed E-state index contributed by atoms with van der Waals surface area (Å²) in [4.78, 5) is 19.6. The van der Waals surface area contributed by atoms with Crippen LogP contribution in [0.2, 0.25) is 0 Å². The molecule has 0 saturated carbocycles. The molecule has 3 aliphatic heterocycles. The summed E-state index contributed by atoms with van der Waals surface area (Å²) in [5, 5.41) is 0. The van der Waals surface area contributed by atoms with E-state index in [4.69, 9.17) is 0 Å². The minimum absolute atomic E-state index is 0.343. The Balaban J connectivity index is 1.26. The molecule has 4 heteroatoms. The van der Waals surface area contributed by atoms with Gasteiger partial charge in [0.05, 0.1) is 6.54 Å². The van der Waals surface area contributed by atoms with E-state index < -0.39 is 0 Å². The summed E-state index contributed by atoms with van der Waals surface area (Å²) in [6.45, 7) is 5.83. The van der Waals surface area contributed by atoms with E-state index in [9.17, 15) is 4.79 Å². The number of benzene rings is 1. The first kappa shape index (κ1) is 16.1. The molecule has 3 fully saturated rings. The van der Waals surface area contributed by atoms with E-state index in [1.54, 1.807) is 0 Å². The van der Waals surface area contributed by atoms with Crippen LogP contribution >= 0.6 is 0 Å². The Morgan fingerprint density at radius 2 is 1.79 bits per heavy atom. The maximum Gasteiger partial charge on any atom is 0.236 e. The molecule has 0 N–H and O–H groups in total. The van der Waals surface area contributed by atoms with Crippen LogP contribution in [0.1, 0.15) is 30.7 Å². The second-order valence-corrected chi connectivity index (χ2v) is 7.86. The van der Waals surface area contributed by atoms with Crippen molar-refractivity contribution in [2.75, 3.05) is 46.3 Å². The van der Waals surface area contributed by atoms with E-state index >= 15 is 0 Å². The van der Waals surface area contributed by atoms with Crippen LogP contribution < -0.4 is 0 Å². The summed E-state index contributed by atoms with van der Waals surface area (Å²) < 4.78 is 0. The van der Waals surface area contributed by atoms with Crippen molar-refractivity contribution in [2.45, 2.75) is 31.2 Å². The number of carbonyl (C=O) groups excluding carboxylic acids is 1. The van der Waals surface area contributed by atoms with Crippen molar-refractivity contribution in [3.8, 4) is 0 Å². The van der Waals surface area contributed by atoms with Crippen LogP contribution in [0.15, 0.2) is 30.3 Å². The van der Waals surface area contributed by atoms with E-state index in [0.717, 1.165) is 26.2 Å². The van der Waals surface area contributed by atoms with Crippen LogP contribution in [0.25, 0.3) is 0 Å². The molecule has 1 aromatic carbocycles. The molecule has 3 aliphatic rings. The molecule has 0 bridgehead atoms. The number of nitrogens with zero attached hydrogens (tertiary/aromatic N) is 3. The lowest BCUT2D eigenvalue weighted by Crippen LogP contribution is -2.43. The van der Waals surface area contributed by atoms with E-state index in [1.807, 2.05) is 0 Å².